The fourth-order valence-corrected chi connectivity index (χ4v) is 10.4. The second kappa shape index (κ2) is 18.2. The molecule has 1 saturated carbocycles. The lowest BCUT2D eigenvalue weighted by atomic mass is 9.85. The molecule has 5 fully saturated rings. The number of fused-ring (bicyclic) bond motifs is 2. The van der Waals surface area contributed by atoms with Crippen molar-refractivity contribution in [3.8, 4) is 17.6 Å². The van der Waals surface area contributed by atoms with E-state index in [1.54, 1.807) is 53.0 Å². The number of hydrogen-bond donors (Lipinski definition) is 2. The molecule has 10 rings (SSSR count). The number of carbonyl (C=O) groups is 2. The van der Waals surface area contributed by atoms with Gasteiger partial charge in [0.25, 0.3) is 5.56 Å². The molecule has 18 heteroatoms. The molecular formula is C45H50F2N10O5S. The average Bonchev–Trinajstić information content (AvgIpc) is 4.05. The number of carbonyl (C=O) groups excluding carboxylic acids is 2. The van der Waals surface area contributed by atoms with Gasteiger partial charge in [0, 0.05) is 69.8 Å². The molecule has 6 heterocycles. The Morgan fingerprint density at radius 2 is 1.73 bits per heavy atom. The number of rotatable bonds is 8. The van der Waals surface area contributed by atoms with Crippen LogP contribution in [0, 0.1) is 23.0 Å². The number of nitrogens with one attached hydrogen (secondary N) is 2. The van der Waals surface area contributed by atoms with Gasteiger partial charge in [-0.15, -0.1) is 0 Å². The van der Waals surface area contributed by atoms with Gasteiger partial charge >= 0.3 is 6.03 Å². The molecule has 2 N–H and O–H groups in total. The number of ether oxygens (including phenoxy) is 2. The van der Waals surface area contributed by atoms with Crippen LogP contribution in [-0.4, -0.2) is 91.4 Å². The molecule has 4 aliphatic heterocycles. The number of likely N-dealkylation sites (tertiary alicyclic amines) is 1. The van der Waals surface area contributed by atoms with Gasteiger partial charge in [0.15, 0.2) is 17.4 Å². The molecule has 1 spiro atoms. The maximum atomic E-state index is 15.0. The average molecular weight is 881 g/mol. The van der Waals surface area contributed by atoms with Crippen molar-refractivity contribution in [3.05, 3.63) is 82.4 Å². The number of nitrogens with zero attached hydrogens (tertiary/aromatic N) is 8. The summed E-state index contributed by atoms with van der Waals surface area (Å²) in [6.45, 7) is 4.75. The zero-order valence-electron chi connectivity index (χ0n) is 35.2. The fourth-order valence-electron chi connectivity index (χ4n) is 9.58. The number of aromatic nitrogens is 4. The first-order valence-electron chi connectivity index (χ1n) is 21.8. The van der Waals surface area contributed by atoms with Crippen LogP contribution in [0.5, 0.6) is 11.5 Å². The van der Waals surface area contributed by atoms with E-state index in [1.807, 2.05) is 0 Å². The molecule has 330 valence electrons. The van der Waals surface area contributed by atoms with Crippen LogP contribution in [0.1, 0.15) is 82.2 Å². The molecule has 2 aromatic heterocycles. The fraction of sp³-hybridized carbons (Fsp3) is 0.467. The largest absolute Gasteiger partial charge is 0.453 e. The van der Waals surface area contributed by atoms with Gasteiger partial charge in [0.1, 0.15) is 23.2 Å². The Morgan fingerprint density at radius 3 is 2.49 bits per heavy atom. The molecular weight excluding hydrogens is 831 g/mol. The predicted molar refractivity (Wildman–Crippen MR) is 235 cm³/mol. The van der Waals surface area contributed by atoms with Crippen LogP contribution in [0.15, 0.2) is 59.7 Å². The summed E-state index contributed by atoms with van der Waals surface area (Å²) in [5.41, 5.74) is 1.44. The third kappa shape index (κ3) is 8.97. The van der Waals surface area contributed by atoms with E-state index in [9.17, 15) is 28.4 Å². The molecule has 5 aliphatic rings. The Balaban J connectivity index is 0.000000221. The van der Waals surface area contributed by atoms with E-state index in [0.717, 1.165) is 63.8 Å². The van der Waals surface area contributed by atoms with Crippen molar-refractivity contribution in [2.24, 2.45) is 7.05 Å². The van der Waals surface area contributed by atoms with E-state index < -0.39 is 17.7 Å². The Labute approximate surface area is 367 Å². The Hall–Kier alpha value is -5.61. The lowest BCUT2D eigenvalue weighted by Crippen LogP contribution is -2.49. The van der Waals surface area contributed by atoms with E-state index in [0.29, 0.717) is 40.4 Å². The zero-order valence-corrected chi connectivity index (χ0v) is 36.0. The normalized spacial score (nSPS) is 20.8. The number of halogens is 2. The Kier molecular flexibility index (Phi) is 12.4. The van der Waals surface area contributed by atoms with Gasteiger partial charge in [-0.05, 0) is 93.5 Å². The molecule has 0 radical (unpaired) electrons. The third-order valence-corrected chi connectivity index (χ3v) is 14.0. The van der Waals surface area contributed by atoms with Crippen LogP contribution in [-0.2, 0) is 16.6 Å². The summed E-state index contributed by atoms with van der Waals surface area (Å²) in [6, 6.07) is 14.2. The van der Waals surface area contributed by atoms with Crippen LogP contribution in [0.25, 0.3) is 21.8 Å². The van der Waals surface area contributed by atoms with Gasteiger partial charge in [0.05, 0.1) is 46.7 Å². The van der Waals surface area contributed by atoms with Crippen LogP contribution in [0.4, 0.5) is 25.1 Å². The number of amides is 3. The second-order valence-electron chi connectivity index (χ2n) is 17.0. The van der Waals surface area contributed by atoms with Crippen molar-refractivity contribution in [3.63, 3.8) is 0 Å². The number of imide groups is 1. The smallest absolute Gasteiger partial charge is 0.329 e. The Bertz CT molecular complexity index is 2630. The lowest BCUT2D eigenvalue weighted by molar-refractivity contribution is -0.120. The van der Waals surface area contributed by atoms with Crippen molar-refractivity contribution in [1.82, 2.24) is 33.9 Å². The van der Waals surface area contributed by atoms with Crippen molar-refractivity contribution >= 4 is 57.4 Å². The highest BCUT2D eigenvalue weighted by atomic mass is 32.2. The summed E-state index contributed by atoms with van der Waals surface area (Å²) in [4.78, 5) is 45.3. The van der Waals surface area contributed by atoms with E-state index in [-0.39, 0.29) is 53.1 Å². The highest BCUT2D eigenvalue weighted by molar-refractivity contribution is 7.98. The van der Waals surface area contributed by atoms with Crippen molar-refractivity contribution < 1.29 is 27.8 Å². The molecule has 0 bridgehead atoms. The summed E-state index contributed by atoms with van der Waals surface area (Å²) in [7, 11) is 1.72. The van der Waals surface area contributed by atoms with Gasteiger partial charge in [-0.3, -0.25) is 29.1 Å². The molecule has 3 aromatic carbocycles. The number of urea groups is 1. The summed E-state index contributed by atoms with van der Waals surface area (Å²) in [5, 5.41) is 17.3. The zero-order chi connectivity index (χ0) is 43.7. The van der Waals surface area contributed by atoms with Gasteiger partial charge in [-0.2, -0.15) is 10.4 Å². The minimum Gasteiger partial charge on any atom is -0.453 e. The van der Waals surface area contributed by atoms with Crippen molar-refractivity contribution in [1.29, 1.82) is 5.26 Å². The molecule has 5 aromatic rings. The standard InChI is InChI=1S/C33H39FN6O3S.C12H11FN4O2/c34-28-9-11-30(37-44-39-14-4-5-15-39)27(20-35)31(28)43-25-8-10-29-26(18-25)32(41)40(22-36-29)24-19-33(42-21-24)12-16-38(17-13-33)23-6-2-1-3-7-23;1-16-9-3-2-7(13)6-8(9)11(15-16)17-5-4-10(18)14-12(17)19/h8-11,18,22-24,37H,1-7,12-17,19,21H2;2-3,6H,4-5H2,1H3,(H,14,18,19). The van der Waals surface area contributed by atoms with Crippen LogP contribution >= 0.6 is 12.1 Å². The first-order valence-corrected chi connectivity index (χ1v) is 22.6. The van der Waals surface area contributed by atoms with Gasteiger partial charge < -0.3 is 19.1 Å². The molecule has 4 saturated heterocycles. The second-order valence-corrected chi connectivity index (χ2v) is 17.9. The summed E-state index contributed by atoms with van der Waals surface area (Å²) in [5.74, 6) is -0.897. The first-order chi connectivity index (χ1) is 30.6. The predicted octanol–water partition coefficient (Wildman–Crippen LogP) is 7.56. The van der Waals surface area contributed by atoms with Crippen LogP contribution < -0.4 is 25.2 Å². The highest BCUT2D eigenvalue weighted by Gasteiger charge is 2.44. The number of benzene rings is 3. The Morgan fingerprint density at radius 1 is 0.937 bits per heavy atom. The van der Waals surface area contributed by atoms with Crippen molar-refractivity contribution in [2.75, 3.05) is 49.0 Å². The van der Waals surface area contributed by atoms with Gasteiger partial charge in [0.2, 0.25) is 5.91 Å². The molecule has 1 unspecified atom stereocenters. The van der Waals surface area contributed by atoms with Gasteiger partial charge in [-0.25, -0.2) is 22.9 Å². The van der Waals surface area contributed by atoms with Crippen LogP contribution in [0.2, 0.25) is 0 Å². The third-order valence-electron chi connectivity index (χ3n) is 13.0. The topological polar surface area (TPSA) is 163 Å². The van der Waals surface area contributed by atoms with Gasteiger partial charge in [-0.1, -0.05) is 19.3 Å². The first kappa shape index (κ1) is 42.7. The minimum atomic E-state index is -0.648. The lowest BCUT2D eigenvalue weighted by Gasteiger charge is -2.43. The quantitative estimate of drug-likeness (QED) is 0.147. The maximum Gasteiger partial charge on any atom is 0.329 e. The number of nitriles is 1. The van der Waals surface area contributed by atoms with E-state index >= 15 is 0 Å². The molecule has 1 atom stereocenters. The van der Waals surface area contributed by atoms with E-state index in [2.05, 4.69) is 35.4 Å². The van der Waals surface area contributed by atoms with Crippen LogP contribution in [0.3, 0.4) is 0 Å². The summed E-state index contributed by atoms with van der Waals surface area (Å²) >= 11 is 1.41. The number of anilines is 2. The monoisotopic (exact) mass is 880 g/mol. The SMILES string of the molecule is Cn1nc(N2CCC(=O)NC2=O)c2cc(F)ccc21.N#Cc1c(NSN2CCCC2)ccc(F)c1Oc1ccc2ncn(C3COC4(CCN(C5CCCCC5)CC4)C3)c(=O)c2c1. The number of aryl methyl sites for hydroxylation is 1. The highest BCUT2D eigenvalue weighted by Crippen LogP contribution is 2.42. The molecule has 15 nitrogen and oxygen atoms in total. The minimum absolute atomic E-state index is 0.0725. The van der Waals surface area contributed by atoms with E-state index in [4.69, 9.17) is 9.47 Å². The molecule has 63 heavy (non-hydrogen) atoms. The maximum absolute atomic E-state index is 15.0. The summed E-state index contributed by atoms with van der Waals surface area (Å²) < 4.78 is 49.3. The number of hydrogen-bond acceptors (Lipinski definition) is 12. The molecule has 1 aliphatic carbocycles. The number of piperidine rings is 1. The van der Waals surface area contributed by atoms with Crippen molar-refractivity contribution in [2.45, 2.75) is 88.3 Å². The molecule has 3 amide bonds. The summed E-state index contributed by atoms with van der Waals surface area (Å²) in [6.07, 6.45) is 13.5. The van der Waals surface area contributed by atoms with E-state index in [1.165, 1.54) is 67.3 Å².